The van der Waals surface area contributed by atoms with E-state index in [9.17, 15) is 0 Å². The zero-order chi connectivity index (χ0) is 11.8. The number of nitrogens with zero attached hydrogens (tertiary/aromatic N) is 2. The van der Waals surface area contributed by atoms with Crippen molar-refractivity contribution < 1.29 is 4.42 Å². The number of H-pyrrole nitrogens is 1. The molecule has 0 saturated heterocycles. The van der Waals surface area contributed by atoms with Crippen LogP contribution in [0.1, 0.15) is 11.3 Å². The molecule has 3 aromatic rings. The quantitative estimate of drug-likeness (QED) is 0.689. The highest BCUT2D eigenvalue weighted by Gasteiger charge is 2.08. The minimum atomic E-state index is 0.614. The first-order chi connectivity index (χ1) is 8.26. The lowest BCUT2D eigenvalue weighted by Crippen LogP contribution is -1.74. The van der Waals surface area contributed by atoms with Gasteiger partial charge in [-0.3, -0.25) is 0 Å². The van der Waals surface area contributed by atoms with Crippen LogP contribution in [0.3, 0.4) is 0 Å². The number of nitrogens with one attached hydrogen (secondary N) is 1. The lowest BCUT2D eigenvalue weighted by Gasteiger charge is -1.88. The molecule has 1 N–H and O–H groups in total. The lowest BCUT2D eigenvalue weighted by atomic mass is 10.2. The molecule has 0 fully saturated rings. The summed E-state index contributed by atoms with van der Waals surface area (Å²) in [5.74, 6) is 2.23. The maximum absolute atomic E-state index is 8.82. The Bertz CT molecular complexity index is 731. The molecule has 4 nitrogen and oxygen atoms in total. The van der Waals surface area contributed by atoms with Crippen molar-refractivity contribution in [1.82, 2.24) is 9.97 Å². The third-order valence-electron chi connectivity index (χ3n) is 2.58. The van der Waals surface area contributed by atoms with E-state index in [4.69, 9.17) is 9.68 Å². The van der Waals surface area contributed by atoms with Crippen molar-refractivity contribution in [2.75, 3.05) is 0 Å². The third-order valence-corrected chi connectivity index (χ3v) is 2.58. The normalized spacial score (nSPS) is 10.6. The number of hydrogen-bond donors (Lipinski definition) is 1. The van der Waals surface area contributed by atoms with Crippen molar-refractivity contribution >= 4 is 11.0 Å². The summed E-state index contributed by atoms with van der Waals surface area (Å²) >= 11 is 0. The summed E-state index contributed by atoms with van der Waals surface area (Å²) in [6.45, 7) is 1.89. The lowest BCUT2D eigenvalue weighted by molar-refractivity contribution is 0.545. The second kappa shape index (κ2) is 3.49. The van der Waals surface area contributed by atoms with Crippen LogP contribution in [0.25, 0.3) is 22.6 Å². The first-order valence-corrected chi connectivity index (χ1v) is 5.23. The first-order valence-electron chi connectivity index (χ1n) is 5.23. The van der Waals surface area contributed by atoms with E-state index in [1.165, 1.54) is 0 Å². The van der Waals surface area contributed by atoms with Crippen LogP contribution >= 0.6 is 0 Å². The Kier molecular flexibility index (Phi) is 1.99. The Morgan fingerprint density at radius 1 is 1.29 bits per heavy atom. The fourth-order valence-electron chi connectivity index (χ4n) is 1.76. The van der Waals surface area contributed by atoms with E-state index >= 15 is 0 Å². The predicted molar refractivity (Wildman–Crippen MR) is 63.2 cm³/mol. The molecule has 4 heteroatoms. The van der Waals surface area contributed by atoms with Gasteiger partial charge in [0, 0.05) is 0 Å². The molecule has 0 aliphatic carbocycles. The molecule has 1 aromatic carbocycles. The summed E-state index contributed by atoms with van der Waals surface area (Å²) in [6, 6.07) is 11.2. The third kappa shape index (κ3) is 1.58. The molecule has 0 radical (unpaired) electrons. The number of rotatable bonds is 1. The molecule has 0 unspecified atom stereocenters. The predicted octanol–water partition coefficient (Wildman–Crippen LogP) is 3.00. The molecule has 0 spiro atoms. The van der Waals surface area contributed by atoms with Crippen molar-refractivity contribution in [1.29, 1.82) is 5.26 Å². The van der Waals surface area contributed by atoms with Gasteiger partial charge in [-0.25, -0.2) is 4.98 Å². The molecule has 0 aliphatic heterocycles. The summed E-state index contributed by atoms with van der Waals surface area (Å²) in [7, 11) is 0. The summed E-state index contributed by atoms with van der Waals surface area (Å²) in [5.41, 5.74) is 2.28. The number of hydrogen-bond acceptors (Lipinski definition) is 3. The van der Waals surface area contributed by atoms with Crippen LogP contribution in [0.4, 0.5) is 0 Å². The number of aryl methyl sites for hydroxylation is 1. The maximum Gasteiger partial charge on any atom is 0.174 e. The molecule has 0 amide bonds. The number of furan rings is 1. The summed E-state index contributed by atoms with van der Waals surface area (Å²) in [4.78, 5) is 7.56. The highest BCUT2D eigenvalue weighted by atomic mass is 16.3. The zero-order valence-corrected chi connectivity index (χ0v) is 9.19. The van der Waals surface area contributed by atoms with Crippen molar-refractivity contribution in [2.45, 2.75) is 6.92 Å². The number of aromatic nitrogens is 2. The van der Waals surface area contributed by atoms with Gasteiger partial charge in [-0.15, -0.1) is 0 Å². The van der Waals surface area contributed by atoms with Crippen LogP contribution in [0, 0.1) is 18.3 Å². The Labute approximate surface area is 97.5 Å². The highest BCUT2D eigenvalue weighted by molar-refractivity contribution is 5.79. The standard InChI is InChI=1S/C13H9N3O/c1-8-2-5-12(17-8)13-15-10-4-3-9(7-14)6-11(10)16-13/h2-6H,1H3,(H,15,16). The SMILES string of the molecule is Cc1ccc(-c2nc3ccc(C#N)cc3[nH]2)o1. The Morgan fingerprint density at radius 3 is 2.88 bits per heavy atom. The van der Waals surface area contributed by atoms with Crippen LogP contribution in [-0.2, 0) is 0 Å². The Balaban J connectivity index is 2.17. The van der Waals surface area contributed by atoms with Crippen molar-refractivity contribution in [3.05, 3.63) is 41.7 Å². The molecule has 0 aliphatic rings. The first kappa shape index (κ1) is 9.67. The monoisotopic (exact) mass is 223 g/mol. The van der Waals surface area contributed by atoms with E-state index < -0.39 is 0 Å². The topological polar surface area (TPSA) is 65.6 Å². The van der Waals surface area contributed by atoms with E-state index in [2.05, 4.69) is 16.0 Å². The van der Waals surface area contributed by atoms with E-state index in [1.54, 1.807) is 12.1 Å². The second-order valence-corrected chi connectivity index (χ2v) is 3.84. The molecule has 2 aromatic heterocycles. The van der Waals surface area contributed by atoms with Crippen LogP contribution in [0.2, 0.25) is 0 Å². The van der Waals surface area contributed by atoms with E-state index in [-0.39, 0.29) is 0 Å². The van der Waals surface area contributed by atoms with Gasteiger partial charge in [-0.2, -0.15) is 5.26 Å². The van der Waals surface area contributed by atoms with Crippen LogP contribution < -0.4 is 0 Å². The molecule has 3 rings (SSSR count). The number of aromatic amines is 1. The molecule has 82 valence electrons. The summed E-state index contributed by atoms with van der Waals surface area (Å²) in [5, 5.41) is 8.82. The van der Waals surface area contributed by atoms with Crippen LogP contribution in [-0.4, -0.2) is 9.97 Å². The average Bonchev–Trinajstić information content (AvgIpc) is 2.93. The minimum Gasteiger partial charge on any atom is -0.458 e. The van der Waals surface area contributed by atoms with Gasteiger partial charge in [0.15, 0.2) is 11.6 Å². The minimum absolute atomic E-state index is 0.614. The number of fused-ring (bicyclic) bond motifs is 1. The summed E-state index contributed by atoms with van der Waals surface area (Å²) in [6.07, 6.45) is 0. The van der Waals surface area contributed by atoms with Gasteiger partial charge in [-0.05, 0) is 37.3 Å². The number of benzene rings is 1. The van der Waals surface area contributed by atoms with Gasteiger partial charge in [-0.1, -0.05) is 0 Å². The molecule has 0 atom stereocenters. The molecular formula is C13H9N3O. The largest absolute Gasteiger partial charge is 0.458 e. The van der Waals surface area contributed by atoms with Crippen molar-refractivity contribution in [3.63, 3.8) is 0 Å². The van der Waals surface area contributed by atoms with Gasteiger partial charge in [0.05, 0.1) is 22.7 Å². The van der Waals surface area contributed by atoms with Crippen molar-refractivity contribution in [3.8, 4) is 17.7 Å². The second-order valence-electron chi connectivity index (χ2n) is 3.84. The fraction of sp³-hybridized carbons (Fsp3) is 0.0769. The zero-order valence-electron chi connectivity index (χ0n) is 9.19. The fourth-order valence-corrected chi connectivity index (χ4v) is 1.76. The maximum atomic E-state index is 8.82. The van der Waals surface area contributed by atoms with Gasteiger partial charge in [0.2, 0.25) is 0 Å². The highest BCUT2D eigenvalue weighted by Crippen LogP contribution is 2.22. The Morgan fingerprint density at radius 2 is 2.18 bits per heavy atom. The molecule has 0 bridgehead atoms. The summed E-state index contributed by atoms with van der Waals surface area (Å²) < 4.78 is 5.50. The average molecular weight is 223 g/mol. The van der Waals surface area contributed by atoms with E-state index in [0.717, 1.165) is 16.8 Å². The van der Waals surface area contributed by atoms with Gasteiger partial charge >= 0.3 is 0 Å². The molecule has 2 heterocycles. The van der Waals surface area contributed by atoms with E-state index in [1.807, 2.05) is 25.1 Å². The van der Waals surface area contributed by atoms with Gasteiger partial charge in [0.25, 0.3) is 0 Å². The molecule has 17 heavy (non-hydrogen) atoms. The smallest absolute Gasteiger partial charge is 0.174 e. The van der Waals surface area contributed by atoms with Crippen LogP contribution in [0.15, 0.2) is 34.7 Å². The number of imidazole rings is 1. The van der Waals surface area contributed by atoms with E-state index in [0.29, 0.717) is 17.1 Å². The molecular weight excluding hydrogens is 214 g/mol. The van der Waals surface area contributed by atoms with Crippen molar-refractivity contribution in [2.24, 2.45) is 0 Å². The number of nitriles is 1. The van der Waals surface area contributed by atoms with Gasteiger partial charge in [0.1, 0.15) is 5.76 Å². The molecule has 0 saturated carbocycles. The van der Waals surface area contributed by atoms with Gasteiger partial charge < -0.3 is 9.40 Å². The van der Waals surface area contributed by atoms with Crippen LogP contribution in [0.5, 0.6) is 0 Å². The Hall–Kier alpha value is -2.54.